The second kappa shape index (κ2) is 9.20. The molecule has 0 atom stereocenters. The average molecular weight is 430 g/mol. The molecule has 1 amide bonds. The van der Waals surface area contributed by atoms with Crippen molar-refractivity contribution in [3.8, 4) is 0 Å². The summed E-state index contributed by atoms with van der Waals surface area (Å²) in [6.45, 7) is 3.76. The summed E-state index contributed by atoms with van der Waals surface area (Å²) in [6, 6.07) is 1.93. The quantitative estimate of drug-likeness (QED) is 0.492. The van der Waals surface area contributed by atoms with Crippen LogP contribution >= 0.6 is 0 Å². The van der Waals surface area contributed by atoms with Crippen LogP contribution in [0.5, 0.6) is 0 Å². The van der Waals surface area contributed by atoms with Gasteiger partial charge in [-0.1, -0.05) is 43.7 Å². The van der Waals surface area contributed by atoms with Crippen molar-refractivity contribution in [3.63, 3.8) is 0 Å². The number of aromatic nitrogens is 3. The molecule has 0 saturated heterocycles. The van der Waals surface area contributed by atoms with E-state index in [-0.39, 0.29) is 30.4 Å². The van der Waals surface area contributed by atoms with E-state index < -0.39 is 4.92 Å². The molecule has 9 nitrogen and oxygen atoms in total. The van der Waals surface area contributed by atoms with Gasteiger partial charge in [0.1, 0.15) is 5.76 Å². The molecule has 0 spiro atoms. The smallest absolute Gasteiger partial charge is 0.361 e. The summed E-state index contributed by atoms with van der Waals surface area (Å²) >= 11 is 0. The van der Waals surface area contributed by atoms with Gasteiger partial charge in [-0.25, -0.2) is 0 Å². The second-order valence-corrected chi connectivity index (χ2v) is 8.92. The molecule has 0 aliphatic heterocycles. The zero-order chi connectivity index (χ0) is 22.0. The molecule has 0 aromatic carbocycles. The van der Waals surface area contributed by atoms with Crippen molar-refractivity contribution in [2.75, 3.05) is 0 Å². The lowest BCUT2D eigenvalue weighted by Gasteiger charge is -2.41. The molecule has 2 aromatic heterocycles. The molecule has 4 rings (SSSR count). The third-order valence-corrected chi connectivity index (χ3v) is 6.82. The topological polar surface area (TPSA) is 107 Å². The Morgan fingerprint density at radius 1 is 1.13 bits per heavy atom. The van der Waals surface area contributed by atoms with E-state index in [0.717, 1.165) is 51.4 Å². The van der Waals surface area contributed by atoms with Crippen molar-refractivity contribution in [2.45, 2.75) is 96.7 Å². The highest BCUT2D eigenvalue weighted by Gasteiger charge is 2.36. The van der Waals surface area contributed by atoms with Crippen molar-refractivity contribution in [1.82, 2.24) is 19.8 Å². The standard InChI is InChI=1S/C22H31N5O4/c1-15-13-20(27(29)30)23-25(15)14-19-16(2)31-24-21(19)22(28)26(17-9-5-3-6-10-17)18-11-7-4-8-12-18/h13,17-18H,3-12,14H2,1-2H3. The average Bonchev–Trinajstić information content (AvgIpc) is 3.33. The third-order valence-electron chi connectivity index (χ3n) is 6.82. The summed E-state index contributed by atoms with van der Waals surface area (Å²) in [5.74, 6) is 0.281. The van der Waals surface area contributed by atoms with Crippen molar-refractivity contribution in [1.29, 1.82) is 0 Å². The minimum Gasteiger partial charge on any atom is -0.361 e. The molecular weight excluding hydrogens is 398 g/mol. The normalized spacial score (nSPS) is 18.3. The molecular formula is C22H31N5O4. The zero-order valence-corrected chi connectivity index (χ0v) is 18.4. The van der Waals surface area contributed by atoms with Gasteiger partial charge < -0.3 is 19.5 Å². The van der Waals surface area contributed by atoms with E-state index in [2.05, 4.69) is 15.2 Å². The highest BCUT2D eigenvalue weighted by Crippen LogP contribution is 2.32. The molecule has 2 aliphatic rings. The lowest BCUT2D eigenvalue weighted by Crippen LogP contribution is -2.49. The van der Waals surface area contributed by atoms with Crippen LogP contribution in [0.4, 0.5) is 5.82 Å². The minimum atomic E-state index is -0.510. The Kier molecular flexibility index (Phi) is 6.38. The zero-order valence-electron chi connectivity index (χ0n) is 18.4. The van der Waals surface area contributed by atoms with Gasteiger partial charge in [-0.15, -0.1) is 0 Å². The molecule has 2 saturated carbocycles. The summed E-state index contributed by atoms with van der Waals surface area (Å²) in [6.07, 6.45) is 11.2. The van der Waals surface area contributed by atoms with Gasteiger partial charge >= 0.3 is 5.82 Å². The van der Waals surface area contributed by atoms with E-state index in [1.165, 1.54) is 18.9 Å². The monoisotopic (exact) mass is 429 g/mol. The fourth-order valence-electron chi connectivity index (χ4n) is 5.11. The largest absolute Gasteiger partial charge is 0.390 e. The third kappa shape index (κ3) is 4.50. The summed E-state index contributed by atoms with van der Waals surface area (Å²) in [5, 5.41) is 19.3. The molecule has 2 aliphatic carbocycles. The summed E-state index contributed by atoms with van der Waals surface area (Å²) < 4.78 is 6.98. The Balaban J connectivity index is 1.64. The predicted molar refractivity (Wildman–Crippen MR) is 114 cm³/mol. The number of carbonyl (C=O) groups excluding carboxylic acids is 1. The van der Waals surface area contributed by atoms with Gasteiger partial charge in [0.2, 0.25) is 0 Å². The molecule has 0 unspecified atom stereocenters. The number of rotatable bonds is 6. The molecule has 2 aromatic rings. The first kappa shape index (κ1) is 21.5. The fourth-order valence-corrected chi connectivity index (χ4v) is 5.11. The van der Waals surface area contributed by atoms with E-state index in [9.17, 15) is 14.9 Å². The maximum atomic E-state index is 13.8. The summed E-state index contributed by atoms with van der Waals surface area (Å²) in [4.78, 5) is 26.5. The second-order valence-electron chi connectivity index (χ2n) is 8.92. The van der Waals surface area contributed by atoms with E-state index in [1.807, 2.05) is 0 Å². The van der Waals surface area contributed by atoms with Crippen LogP contribution in [0.2, 0.25) is 0 Å². The van der Waals surface area contributed by atoms with Crippen LogP contribution in [0.15, 0.2) is 10.6 Å². The first-order valence-corrected chi connectivity index (χ1v) is 11.4. The van der Waals surface area contributed by atoms with Crippen LogP contribution in [0, 0.1) is 24.0 Å². The number of carbonyl (C=O) groups is 1. The first-order chi connectivity index (χ1) is 15.0. The minimum absolute atomic E-state index is 0.0649. The van der Waals surface area contributed by atoms with E-state index in [4.69, 9.17) is 4.52 Å². The lowest BCUT2D eigenvalue weighted by atomic mass is 9.88. The lowest BCUT2D eigenvalue weighted by molar-refractivity contribution is -0.389. The number of nitrogens with zero attached hydrogens (tertiary/aromatic N) is 5. The molecule has 0 radical (unpaired) electrons. The first-order valence-electron chi connectivity index (χ1n) is 11.4. The van der Waals surface area contributed by atoms with Gasteiger partial charge in [0.05, 0.1) is 29.0 Å². The number of amides is 1. The van der Waals surface area contributed by atoms with Crippen molar-refractivity contribution in [3.05, 3.63) is 38.9 Å². The van der Waals surface area contributed by atoms with Gasteiger partial charge in [0.25, 0.3) is 5.91 Å². The van der Waals surface area contributed by atoms with Gasteiger partial charge in [-0.2, -0.15) is 4.68 Å². The summed E-state index contributed by atoms with van der Waals surface area (Å²) in [7, 11) is 0. The van der Waals surface area contributed by atoms with Gasteiger partial charge in [-0.3, -0.25) is 4.79 Å². The van der Waals surface area contributed by atoms with E-state index in [0.29, 0.717) is 22.7 Å². The molecule has 9 heteroatoms. The Labute approximate surface area is 181 Å². The Morgan fingerprint density at radius 2 is 1.71 bits per heavy atom. The van der Waals surface area contributed by atoms with Crippen LogP contribution in [0.3, 0.4) is 0 Å². The molecule has 2 fully saturated rings. The van der Waals surface area contributed by atoms with Crippen molar-refractivity contribution in [2.24, 2.45) is 0 Å². The maximum absolute atomic E-state index is 13.8. The fraction of sp³-hybridized carbons (Fsp3) is 0.682. The van der Waals surface area contributed by atoms with Gasteiger partial charge in [-0.05, 0) is 44.5 Å². The van der Waals surface area contributed by atoms with Crippen LogP contribution < -0.4 is 0 Å². The highest BCUT2D eigenvalue weighted by atomic mass is 16.6. The molecule has 0 bridgehead atoms. The van der Waals surface area contributed by atoms with E-state index in [1.54, 1.807) is 18.5 Å². The van der Waals surface area contributed by atoms with Crippen molar-refractivity contribution < 1.29 is 14.2 Å². The maximum Gasteiger partial charge on any atom is 0.390 e. The Morgan fingerprint density at radius 3 is 2.23 bits per heavy atom. The SMILES string of the molecule is Cc1onc(C(=O)N(C2CCCCC2)C2CCCCC2)c1Cn1nc([N+](=O)[O-])cc1C. The predicted octanol–water partition coefficient (Wildman–Crippen LogP) is 4.55. The van der Waals surface area contributed by atoms with Crippen LogP contribution in [0.25, 0.3) is 0 Å². The molecule has 2 heterocycles. The number of hydrogen-bond acceptors (Lipinski definition) is 6. The Bertz CT molecular complexity index is 920. The van der Waals surface area contributed by atoms with E-state index >= 15 is 0 Å². The number of nitro groups is 1. The van der Waals surface area contributed by atoms with Crippen molar-refractivity contribution >= 4 is 11.7 Å². The highest BCUT2D eigenvalue weighted by molar-refractivity contribution is 5.94. The van der Waals surface area contributed by atoms with Gasteiger partial charge in [0, 0.05) is 12.1 Å². The Hall–Kier alpha value is -2.71. The summed E-state index contributed by atoms with van der Waals surface area (Å²) in [5.41, 5.74) is 1.64. The molecule has 168 valence electrons. The number of aryl methyl sites for hydroxylation is 2. The molecule has 31 heavy (non-hydrogen) atoms. The molecule has 0 N–H and O–H groups in total. The van der Waals surface area contributed by atoms with Crippen LogP contribution in [0.1, 0.15) is 91.7 Å². The van der Waals surface area contributed by atoms with Crippen LogP contribution in [-0.2, 0) is 6.54 Å². The number of hydrogen-bond donors (Lipinski definition) is 0. The van der Waals surface area contributed by atoms with Gasteiger partial charge in [0.15, 0.2) is 5.69 Å². The van der Waals surface area contributed by atoms with Crippen LogP contribution in [-0.4, -0.2) is 42.8 Å².